The quantitative estimate of drug-likeness (QED) is 0.544. The van der Waals surface area contributed by atoms with Crippen molar-refractivity contribution in [2.75, 3.05) is 20.3 Å². The number of nitrogens with two attached hydrogens (primary N) is 1. The maximum Gasteiger partial charge on any atom is 0.236 e. The molecule has 0 aliphatic rings. The molecule has 0 heterocycles. The van der Waals surface area contributed by atoms with E-state index in [9.17, 15) is 9.90 Å². The molecule has 0 spiro atoms. The minimum atomic E-state index is -0.536. The van der Waals surface area contributed by atoms with Crippen molar-refractivity contribution in [3.8, 4) is 0 Å². The van der Waals surface area contributed by atoms with Gasteiger partial charge in [0.1, 0.15) is 0 Å². The van der Waals surface area contributed by atoms with E-state index in [2.05, 4.69) is 5.32 Å². The van der Waals surface area contributed by atoms with Crippen LogP contribution in [0.4, 0.5) is 0 Å². The zero-order valence-electron chi connectivity index (χ0n) is 10.4. The molecule has 0 saturated heterocycles. The molecular weight excluding hydrogens is 208 g/mol. The van der Waals surface area contributed by atoms with Crippen LogP contribution < -0.4 is 11.1 Å². The topological polar surface area (TPSA) is 84.6 Å². The summed E-state index contributed by atoms with van der Waals surface area (Å²) in [6.07, 6.45) is 0.618. The Kier molecular flexibility index (Phi) is 8.15. The van der Waals surface area contributed by atoms with E-state index in [1.54, 1.807) is 0 Å². The van der Waals surface area contributed by atoms with Crippen LogP contribution in [0.5, 0.6) is 0 Å². The lowest BCUT2D eigenvalue weighted by atomic mass is 10.0. The predicted molar refractivity (Wildman–Crippen MR) is 62.9 cm³/mol. The second kappa shape index (κ2) is 8.50. The van der Waals surface area contributed by atoms with Crippen molar-refractivity contribution < 1.29 is 14.6 Å². The highest BCUT2D eigenvalue weighted by Crippen LogP contribution is 2.02. The molecule has 4 N–H and O–H groups in total. The Bertz CT molecular complexity index is 198. The lowest BCUT2D eigenvalue weighted by Gasteiger charge is -2.15. The standard InChI is InChI=1S/C11H24N2O3/c1-8(2)6-10(12)11(15)13-5-4-9(14)7-16-3/h8-10,14H,4-7,12H2,1-3H3,(H,13,15)/t9?,10-/m1/s1. The third-order valence-electron chi connectivity index (χ3n) is 2.20. The molecule has 0 aliphatic heterocycles. The summed E-state index contributed by atoms with van der Waals surface area (Å²) in [6.45, 7) is 4.76. The summed E-state index contributed by atoms with van der Waals surface area (Å²) in [7, 11) is 1.53. The second-order valence-corrected chi connectivity index (χ2v) is 4.42. The summed E-state index contributed by atoms with van der Waals surface area (Å²) in [5, 5.41) is 12.0. The molecule has 5 heteroatoms. The van der Waals surface area contributed by atoms with Crippen LogP contribution in [0.15, 0.2) is 0 Å². The first-order valence-electron chi connectivity index (χ1n) is 5.67. The molecule has 96 valence electrons. The Morgan fingerprint density at radius 3 is 2.62 bits per heavy atom. The summed E-state index contributed by atoms with van der Waals surface area (Å²) < 4.78 is 4.77. The Morgan fingerprint density at radius 1 is 1.50 bits per heavy atom. The van der Waals surface area contributed by atoms with E-state index in [0.717, 1.165) is 0 Å². The average molecular weight is 232 g/mol. The van der Waals surface area contributed by atoms with E-state index in [4.69, 9.17) is 10.5 Å². The number of carbonyl (C=O) groups is 1. The molecule has 0 radical (unpaired) electrons. The van der Waals surface area contributed by atoms with Gasteiger partial charge in [-0.3, -0.25) is 4.79 Å². The van der Waals surface area contributed by atoms with Crippen molar-refractivity contribution in [2.45, 2.75) is 38.8 Å². The molecule has 0 rings (SSSR count). The van der Waals surface area contributed by atoms with Gasteiger partial charge in [-0.05, 0) is 18.8 Å². The highest BCUT2D eigenvalue weighted by atomic mass is 16.5. The van der Waals surface area contributed by atoms with Gasteiger partial charge in [0.15, 0.2) is 0 Å². The normalized spacial score (nSPS) is 14.9. The lowest BCUT2D eigenvalue weighted by Crippen LogP contribution is -2.42. The smallest absolute Gasteiger partial charge is 0.236 e. The fourth-order valence-electron chi connectivity index (χ4n) is 1.38. The van der Waals surface area contributed by atoms with Gasteiger partial charge in [-0.1, -0.05) is 13.8 Å². The van der Waals surface area contributed by atoms with Gasteiger partial charge in [-0.25, -0.2) is 0 Å². The van der Waals surface area contributed by atoms with Gasteiger partial charge >= 0.3 is 0 Å². The fraction of sp³-hybridized carbons (Fsp3) is 0.909. The Labute approximate surface area is 97.3 Å². The van der Waals surface area contributed by atoms with Gasteiger partial charge in [0.25, 0.3) is 0 Å². The van der Waals surface area contributed by atoms with Crippen molar-refractivity contribution in [1.82, 2.24) is 5.32 Å². The molecule has 2 atom stereocenters. The van der Waals surface area contributed by atoms with Crippen LogP contribution in [-0.4, -0.2) is 43.4 Å². The summed E-state index contributed by atoms with van der Waals surface area (Å²) in [5.74, 6) is 0.248. The first kappa shape index (κ1) is 15.3. The minimum Gasteiger partial charge on any atom is -0.391 e. The SMILES string of the molecule is COCC(O)CCNC(=O)[C@H](N)CC(C)C. The number of amides is 1. The van der Waals surface area contributed by atoms with E-state index < -0.39 is 12.1 Å². The number of aliphatic hydroxyl groups is 1. The van der Waals surface area contributed by atoms with E-state index in [-0.39, 0.29) is 12.5 Å². The van der Waals surface area contributed by atoms with Crippen LogP contribution in [0, 0.1) is 5.92 Å². The summed E-state index contributed by atoms with van der Waals surface area (Å²) in [6, 6.07) is -0.459. The molecule has 5 nitrogen and oxygen atoms in total. The molecule has 1 unspecified atom stereocenters. The number of hydrogen-bond donors (Lipinski definition) is 3. The second-order valence-electron chi connectivity index (χ2n) is 4.42. The lowest BCUT2D eigenvalue weighted by molar-refractivity contribution is -0.122. The number of aliphatic hydroxyl groups excluding tert-OH is 1. The fourth-order valence-corrected chi connectivity index (χ4v) is 1.38. The molecule has 0 saturated carbocycles. The zero-order chi connectivity index (χ0) is 12.6. The van der Waals surface area contributed by atoms with Crippen LogP contribution in [0.2, 0.25) is 0 Å². The van der Waals surface area contributed by atoms with Gasteiger partial charge in [0.2, 0.25) is 5.91 Å². The average Bonchev–Trinajstić information content (AvgIpc) is 2.16. The first-order chi connectivity index (χ1) is 7.47. The maximum atomic E-state index is 11.5. The summed E-state index contributed by atoms with van der Waals surface area (Å²) in [4.78, 5) is 11.5. The number of carbonyl (C=O) groups excluding carboxylic acids is 1. The maximum absolute atomic E-state index is 11.5. The van der Waals surface area contributed by atoms with Gasteiger partial charge in [0.05, 0.1) is 18.8 Å². The molecule has 0 aromatic carbocycles. The monoisotopic (exact) mass is 232 g/mol. The van der Waals surface area contributed by atoms with Crippen LogP contribution in [-0.2, 0) is 9.53 Å². The molecule has 0 aromatic rings. The van der Waals surface area contributed by atoms with Crippen molar-refractivity contribution in [2.24, 2.45) is 11.7 Å². The summed E-state index contributed by atoms with van der Waals surface area (Å²) >= 11 is 0. The minimum absolute atomic E-state index is 0.154. The van der Waals surface area contributed by atoms with E-state index in [1.807, 2.05) is 13.8 Å². The third kappa shape index (κ3) is 7.62. The number of rotatable bonds is 8. The number of hydrogen-bond acceptors (Lipinski definition) is 4. The summed E-state index contributed by atoms with van der Waals surface area (Å²) in [5.41, 5.74) is 5.69. The van der Waals surface area contributed by atoms with Crippen molar-refractivity contribution in [3.05, 3.63) is 0 Å². The highest BCUT2D eigenvalue weighted by Gasteiger charge is 2.14. The highest BCUT2D eigenvalue weighted by molar-refractivity contribution is 5.81. The van der Waals surface area contributed by atoms with E-state index in [0.29, 0.717) is 25.3 Å². The first-order valence-corrected chi connectivity index (χ1v) is 5.67. The molecule has 16 heavy (non-hydrogen) atoms. The number of methoxy groups -OCH3 is 1. The molecule has 0 fully saturated rings. The van der Waals surface area contributed by atoms with Crippen LogP contribution in [0.1, 0.15) is 26.7 Å². The van der Waals surface area contributed by atoms with Gasteiger partial charge in [-0.15, -0.1) is 0 Å². The number of ether oxygens (including phenoxy) is 1. The van der Waals surface area contributed by atoms with Gasteiger partial charge in [0, 0.05) is 13.7 Å². The Morgan fingerprint density at radius 2 is 2.12 bits per heavy atom. The largest absolute Gasteiger partial charge is 0.391 e. The Balaban J connectivity index is 3.64. The number of nitrogens with one attached hydrogen (secondary N) is 1. The van der Waals surface area contributed by atoms with Gasteiger partial charge in [-0.2, -0.15) is 0 Å². The Hall–Kier alpha value is -0.650. The predicted octanol–water partition coefficient (Wildman–Crippen LogP) is -0.127. The molecule has 1 amide bonds. The van der Waals surface area contributed by atoms with E-state index >= 15 is 0 Å². The molecular formula is C11H24N2O3. The molecule has 0 aromatic heterocycles. The van der Waals surface area contributed by atoms with Crippen LogP contribution in [0.3, 0.4) is 0 Å². The van der Waals surface area contributed by atoms with Gasteiger partial charge < -0.3 is 20.9 Å². The van der Waals surface area contributed by atoms with E-state index in [1.165, 1.54) is 7.11 Å². The zero-order valence-corrected chi connectivity index (χ0v) is 10.4. The van der Waals surface area contributed by atoms with Crippen LogP contribution in [0.25, 0.3) is 0 Å². The van der Waals surface area contributed by atoms with Crippen molar-refractivity contribution in [1.29, 1.82) is 0 Å². The third-order valence-corrected chi connectivity index (χ3v) is 2.20. The van der Waals surface area contributed by atoms with Crippen molar-refractivity contribution >= 4 is 5.91 Å². The molecule has 0 aliphatic carbocycles. The molecule has 0 bridgehead atoms. The van der Waals surface area contributed by atoms with Crippen molar-refractivity contribution in [3.63, 3.8) is 0 Å². The van der Waals surface area contributed by atoms with Crippen LogP contribution >= 0.6 is 0 Å².